The lowest BCUT2D eigenvalue weighted by atomic mass is 10.2. The molecule has 0 bridgehead atoms. The van der Waals surface area contributed by atoms with Crippen molar-refractivity contribution in [3.05, 3.63) is 24.4 Å². The van der Waals surface area contributed by atoms with Gasteiger partial charge in [0.25, 0.3) is 0 Å². The molecule has 0 radical (unpaired) electrons. The monoisotopic (exact) mass is 293 g/mol. The van der Waals surface area contributed by atoms with Crippen molar-refractivity contribution >= 4 is 17.6 Å². The van der Waals surface area contributed by atoms with Gasteiger partial charge in [0, 0.05) is 41.9 Å². The van der Waals surface area contributed by atoms with Crippen molar-refractivity contribution in [1.29, 1.82) is 0 Å². The summed E-state index contributed by atoms with van der Waals surface area (Å²) >= 11 is 2.03. The summed E-state index contributed by atoms with van der Waals surface area (Å²) in [4.78, 5) is 6.81. The number of nitrogens with one attached hydrogen (secondary N) is 1. The van der Waals surface area contributed by atoms with Crippen LogP contribution in [0.4, 0.5) is 5.82 Å². The lowest BCUT2D eigenvalue weighted by Crippen LogP contribution is -2.40. The summed E-state index contributed by atoms with van der Waals surface area (Å²) in [6.07, 6.45) is 3.08. The zero-order valence-corrected chi connectivity index (χ0v) is 13.9. The van der Waals surface area contributed by atoms with Crippen molar-refractivity contribution in [2.45, 2.75) is 50.9 Å². The molecule has 1 aliphatic rings. The van der Waals surface area contributed by atoms with E-state index in [4.69, 9.17) is 0 Å². The van der Waals surface area contributed by atoms with Crippen molar-refractivity contribution in [3.63, 3.8) is 0 Å². The maximum Gasteiger partial charge on any atom is 0.128 e. The molecule has 0 amide bonds. The van der Waals surface area contributed by atoms with Gasteiger partial charge in [-0.3, -0.25) is 0 Å². The fourth-order valence-corrected chi connectivity index (χ4v) is 3.32. The molecule has 20 heavy (non-hydrogen) atoms. The van der Waals surface area contributed by atoms with E-state index in [1.807, 2.05) is 24.0 Å². The minimum atomic E-state index is 0.353. The van der Waals surface area contributed by atoms with E-state index in [0.717, 1.165) is 18.9 Å². The Morgan fingerprint density at radius 2 is 2.25 bits per heavy atom. The Morgan fingerprint density at radius 3 is 2.90 bits per heavy atom. The van der Waals surface area contributed by atoms with Crippen LogP contribution in [-0.2, 0) is 0 Å². The molecule has 1 N–H and O–H groups in total. The summed E-state index contributed by atoms with van der Waals surface area (Å²) in [5.41, 5.74) is 0. The van der Waals surface area contributed by atoms with Crippen molar-refractivity contribution < 1.29 is 0 Å². The Kier molecular flexibility index (Phi) is 5.33. The molecule has 1 fully saturated rings. The van der Waals surface area contributed by atoms with E-state index in [9.17, 15) is 0 Å². The van der Waals surface area contributed by atoms with E-state index >= 15 is 0 Å². The van der Waals surface area contributed by atoms with Crippen LogP contribution in [-0.4, -0.2) is 40.7 Å². The number of pyridine rings is 1. The zero-order valence-electron chi connectivity index (χ0n) is 13.1. The first kappa shape index (κ1) is 15.6. The number of hydrogen-bond donors (Lipinski definition) is 1. The van der Waals surface area contributed by atoms with E-state index in [-0.39, 0.29) is 0 Å². The number of nitrogens with zero attached hydrogens (tertiary/aromatic N) is 2. The van der Waals surface area contributed by atoms with Gasteiger partial charge in [-0.05, 0) is 25.5 Å². The molecule has 3 nitrogen and oxygen atoms in total. The van der Waals surface area contributed by atoms with Crippen molar-refractivity contribution in [2.24, 2.45) is 0 Å². The molecule has 2 rings (SSSR count). The van der Waals surface area contributed by atoms with Crippen LogP contribution in [0.2, 0.25) is 0 Å². The Morgan fingerprint density at radius 1 is 1.45 bits per heavy atom. The molecular weight excluding hydrogens is 266 g/mol. The standard InChI is InChI=1S/C16H27N3S/c1-13(12-20-16(2,3)4)18-14-8-10-19(11-14)15-7-5-6-9-17-15/h5-7,9,13-14,18H,8,10-12H2,1-4H3/t13-,14+/m0/s1. The first-order chi connectivity index (χ1) is 9.44. The predicted molar refractivity (Wildman–Crippen MR) is 89.7 cm³/mol. The van der Waals surface area contributed by atoms with Crippen LogP contribution in [0.5, 0.6) is 0 Å². The van der Waals surface area contributed by atoms with Gasteiger partial charge in [0.05, 0.1) is 0 Å². The summed E-state index contributed by atoms with van der Waals surface area (Å²) < 4.78 is 0.353. The second kappa shape index (κ2) is 6.81. The Balaban J connectivity index is 1.76. The first-order valence-electron chi connectivity index (χ1n) is 7.50. The lowest BCUT2D eigenvalue weighted by molar-refractivity contribution is 0.495. The normalized spacial score (nSPS) is 21.2. The summed E-state index contributed by atoms with van der Waals surface area (Å²) in [5, 5.41) is 3.76. The minimum Gasteiger partial charge on any atom is -0.355 e. The molecule has 0 spiro atoms. The highest BCUT2D eigenvalue weighted by Crippen LogP contribution is 2.24. The number of aromatic nitrogens is 1. The highest BCUT2D eigenvalue weighted by Gasteiger charge is 2.24. The third kappa shape index (κ3) is 4.98. The van der Waals surface area contributed by atoms with Crippen LogP contribution >= 0.6 is 11.8 Å². The minimum absolute atomic E-state index is 0.353. The van der Waals surface area contributed by atoms with E-state index in [1.165, 1.54) is 12.2 Å². The predicted octanol–water partition coefficient (Wildman–Crippen LogP) is 3.17. The summed E-state index contributed by atoms with van der Waals surface area (Å²) in [7, 11) is 0. The lowest BCUT2D eigenvalue weighted by Gasteiger charge is -2.24. The van der Waals surface area contributed by atoms with Crippen LogP contribution < -0.4 is 10.2 Å². The maximum atomic E-state index is 4.44. The van der Waals surface area contributed by atoms with Gasteiger partial charge >= 0.3 is 0 Å². The molecule has 0 unspecified atom stereocenters. The van der Waals surface area contributed by atoms with Gasteiger partial charge in [-0.2, -0.15) is 11.8 Å². The second-order valence-electron chi connectivity index (χ2n) is 6.61. The van der Waals surface area contributed by atoms with Gasteiger partial charge in [0.2, 0.25) is 0 Å². The number of thioether (sulfide) groups is 1. The van der Waals surface area contributed by atoms with E-state index < -0.39 is 0 Å². The van der Waals surface area contributed by atoms with Crippen LogP contribution in [0.15, 0.2) is 24.4 Å². The van der Waals surface area contributed by atoms with Crippen LogP contribution in [0.25, 0.3) is 0 Å². The van der Waals surface area contributed by atoms with Gasteiger partial charge < -0.3 is 10.2 Å². The number of anilines is 1. The molecule has 0 aromatic carbocycles. The SMILES string of the molecule is C[C@@H](CSC(C)(C)C)N[C@@H]1CCN(c2ccccn2)C1. The first-order valence-corrected chi connectivity index (χ1v) is 8.48. The van der Waals surface area contributed by atoms with Crippen molar-refractivity contribution in [2.75, 3.05) is 23.7 Å². The van der Waals surface area contributed by atoms with Gasteiger partial charge in [0.1, 0.15) is 5.82 Å². The molecule has 0 aliphatic carbocycles. The van der Waals surface area contributed by atoms with Crippen LogP contribution in [0.1, 0.15) is 34.1 Å². The largest absolute Gasteiger partial charge is 0.355 e. The number of rotatable bonds is 5. The Labute approximate surface area is 127 Å². The van der Waals surface area contributed by atoms with Gasteiger partial charge in [0.15, 0.2) is 0 Å². The maximum absolute atomic E-state index is 4.44. The van der Waals surface area contributed by atoms with Crippen molar-refractivity contribution in [3.8, 4) is 0 Å². The molecule has 1 aromatic rings. The van der Waals surface area contributed by atoms with Gasteiger partial charge in [-0.25, -0.2) is 4.98 Å². The average molecular weight is 293 g/mol. The zero-order chi connectivity index (χ0) is 14.6. The molecule has 2 atom stereocenters. The molecule has 0 saturated carbocycles. The quantitative estimate of drug-likeness (QED) is 0.902. The second-order valence-corrected chi connectivity index (χ2v) is 8.46. The van der Waals surface area contributed by atoms with Gasteiger partial charge in [-0.1, -0.05) is 26.8 Å². The molecular formula is C16H27N3S. The molecule has 112 valence electrons. The summed E-state index contributed by atoms with van der Waals surface area (Å²) in [6, 6.07) is 7.29. The fraction of sp³-hybridized carbons (Fsp3) is 0.688. The highest BCUT2D eigenvalue weighted by atomic mass is 32.2. The third-order valence-corrected chi connectivity index (χ3v) is 4.98. The molecule has 2 heterocycles. The summed E-state index contributed by atoms with van der Waals surface area (Å²) in [6.45, 7) is 11.3. The van der Waals surface area contributed by atoms with E-state index in [1.54, 1.807) is 0 Å². The number of hydrogen-bond acceptors (Lipinski definition) is 4. The van der Waals surface area contributed by atoms with Gasteiger partial charge in [-0.15, -0.1) is 0 Å². The Hall–Kier alpha value is -0.740. The average Bonchev–Trinajstić information content (AvgIpc) is 2.85. The Bertz CT molecular complexity index is 402. The molecule has 4 heteroatoms. The summed E-state index contributed by atoms with van der Waals surface area (Å²) in [5.74, 6) is 2.28. The third-order valence-electron chi connectivity index (χ3n) is 3.45. The molecule has 1 aliphatic heterocycles. The molecule has 1 saturated heterocycles. The topological polar surface area (TPSA) is 28.2 Å². The van der Waals surface area contributed by atoms with E-state index in [2.05, 4.69) is 55.0 Å². The van der Waals surface area contributed by atoms with E-state index in [0.29, 0.717) is 16.8 Å². The smallest absolute Gasteiger partial charge is 0.128 e. The van der Waals surface area contributed by atoms with Crippen LogP contribution in [0.3, 0.4) is 0 Å². The van der Waals surface area contributed by atoms with Crippen molar-refractivity contribution in [1.82, 2.24) is 10.3 Å². The molecule has 1 aromatic heterocycles. The highest BCUT2D eigenvalue weighted by molar-refractivity contribution is 8.00. The van der Waals surface area contributed by atoms with Crippen LogP contribution in [0, 0.1) is 0 Å². The fourth-order valence-electron chi connectivity index (χ4n) is 2.47.